The fourth-order valence-electron chi connectivity index (χ4n) is 3.69. The van der Waals surface area contributed by atoms with Crippen molar-refractivity contribution in [3.8, 4) is 0 Å². The summed E-state index contributed by atoms with van der Waals surface area (Å²) in [6.45, 7) is 9.54. The van der Waals surface area contributed by atoms with Crippen molar-refractivity contribution in [2.75, 3.05) is 41.3 Å². The number of nitrogens with zero attached hydrogens (tertiary/aromatic N) is 2. The summed E-state index contributed by atoms with van der Waals surface area (Å²) in [7, 11) is 0. The zero-order chi connectivity index (χ0) is 18.5. The average Bonchev–Trinajstić information content (AvgIpc) is 2.67. The predicted molar refractivity (Wildman–Crippen MR) is 110 cm³/mol. The maximum Gasteiger partial charge on any atom is 0.246 e. The van der Waals surface area contributed by atoms with Crippen LogP contribution in [0.25, 0.3) is 0 Å². The van der Waals surface area contributed by atoms with Crippen molar-refractivity contribution in [3.63, 3.8) is 0 Å². The highest BCUT2D eigenvalue weighted by atomic mass is 16.2. The topological polar surface area (TPSA) is 35.6 Å². The first kappa shape index (κ1) is 18.3. The Morgan fingerprint density at radius 2 is 1.92 bits per heavy atom. The van der Waals surface area contributed by atoms with E-state index >= 15 is 0 Å². The second kappa shape index (κ2) is 8.26. The molecule has 0 atom stereocenters. The Kier molecular flexibility index (Phi) is 5.82. The number of fused-ring (bicyclic) bond motifs is 1. The zero-order valence-corrected chi connectivity index (χ0v) is 16.1. The fraction of sp³-hybridized carbons (Fsp3) is 0.409. The number of hydrogen-bond acceptors (Lipinski definition) is 3. The number of hydrogen-bond donors (Lipinski definition) is 1. The first-order chi connectivity index (χ1) is 12.6. The molecule has 0 bridgehead atoms. The molecule has 0 aromatic heterocycles. The Balaban J connectivity index is 1.67. The first-order valence-electron chi connectivity index (χ1n) is 9.61. The maximum atomic E-state index is 12.8. The van der Waals surface area contributed by atoms with E-state index in [0.29, 0.717) is 6.54 Å². The van der Waals surface area contributed by atoms with Gasteiger partial charge in [0.2, 0.25) is 5.91 Å². The summed E-state index contributed by atoms with van der Waals surface area (Å²) in [5.74, 6) is 0.129. The van der Waals surface area contributed by atoms with Crippen molar-refractivity contribution in [2.24, 2.45) is 0 Å². The van der Waals surface area contributed by atoms with E-state index in [1.807, 2.05) is 17.0 Å². The highest BCUT2D eigenvalue weighted by Crippen LogP contribution is 2.27. The van der Waals surface area contributed by atoms with Crippen LogP contribution in [0.3, 0.4) is 0 Å². The number of anilines is 3. The van der Waals surface area contributed by atoms with Crippen LogP contribution in [0.4, 0.5) is 17.1 Å². The minimum atomic E-state index is 0.129. The largest absolute Gasteiger partial charge is 0.376 e. The molecule has 0 radical (unpaired) electrons. The first-order valence-corrected chi connectivity index (χ1v) is 9.61. The van der Waals surface area contributed by atoms with Crippen molar-refractivity contribution in [3.05, 3.63) is 53.6 Å². The van der Waals surface area contributed by atoms with E-state index in [-0.39, 0.29) is 5.91 Å². The molecule has 26 heavy (non-hydrogen) atoms. The molecule has 4 heteroatoms. The Bertz CT molecular complexity index is 768. The Morgan fingerprint density at radius 1 is 1.15 bits per heavy atom. The molecule has 0 saturated carbocycles. The second-order valence-corrected chi connectivity index (χ2v) is 6.80. The Morgan fingerprint density at radius 3 is 2.65 bits per heavy atom. The number of carbonyl (C=O) groups is 1. The molecular weight excluding hydrogens is 322 g/mol. The van der Waals surface area contributed by atoms with Gasteiger partial charge in [-0.25, -0.2) is 0 Å². The Hall–Kier alpha value is -2.49. The van der Waals surface area contributed by atoms with Crippen LogP contribution in [0.2, 0.25) is 0 Å². The number of nitrogens with one attached hydrogen (secondary N) is 1. The molecule has 0 spiro atoms. The maximum absolute atomic E-state index is 12.8. The minimum absolute atomic E-state index is 0.129. The highest BCUT2D eigenvalue weighted by Gasteiger charge is 2.21. The van der Waals surface area contributed by atoms with Crippen LogP contribution in [0, 0.1) is 6.92 Å². The predicted octanol–water partition coefficient (Wildman–Crippen LogP) is 4.23. The summed E-state index contributed by atoms with van der Waals surface area (Å²) in [5, 5.41) is 3.33. The molecule has 0 fully saturated rings. The van der Waals surface area contributed by atoms with Crippen molar-refractivity contribution in [1.29, 1.82) is 0 Å². The molecule has 2 aromatic rings. The van der Waals surface area contributed by atoms with Crippen LogP contribution >= 0.6 is 0 Å². The van der Waals surface area contributed by atoms with Crippen molar-refractivity contribution >= 4 is 23.0 Å². The summed E-state index contributed by atoms with van der Waals surface area (Å²) >= 11 is 0. The van der Waals surface area contributed by atoms with Crippen LogP contribution in [-0.4, -0.2) is 32.1 Å². The molecule has 1 heterocycles. The molecule has 138 valence electrons. The van der Waals surface area contributed by atoms with E-state index in [9.17, 15) is 4.79 Å². The number of amides is 1. The molecule has 1 amide bonds. The standard InChI is InChI=1S/C22H29N3O/c1-4-24(5-2)19-12-13-20(17(3)15-19)23-16-22(26)25-14-8-10-18-9-6-7-11-21(18)25/h6-7,9,11-13,15,23H,4-5,8,10,14,16H2,1-3H3. The highest BCUT2D eigenvalue weighted by molar-refractivity contribution is 5.97. The van der Waals surface area contributed by atoms with E-state index in [1.54, 1.807) is 0 Å². The van der Waals surface area contributed by atoms with Crippen molar-refractivity contribution in [1.82, 2.24) is 0 Å². The zero-order valence-electron chi connectivity index (χ0n) is 16.1. The van der Waals surface area contributed by atoms with Gasteiger partial charge in [0.25, 0.3) is 0 Å². The minimum Gasteiger partial charge on any atom is -0.376 e. The van der Waals surface area contributed by atoms with Crippen LogP contribution in [0.1, 0.15) is 31.4 Å². The van der Waals surface area contributed by atoms with Crippen LogP contribution < -0.4 is 15.1 Å². The van der Waals surface area contributed by atoms with Gasteiger partial charge in [0.1, 0.15) is 0 Å². The van der Waals surface area contributed by atoms with E-state index in [0.717, 1.165) is 43.9 Å². The summed E-state index contributed by atoms with van der Waals surface area (Å²) in [4.78, 5) is 17.0. The SMILES string of the molecule is CCN(CC)c1ccc(NCC(=O)N2CCCc3ccccc32)c(C)c1. The summed E-state index contributed by atoms with van der Waals surface area (Å²) in [5.41, 5.74) is 5.76. The van der Waals surface area contributed by atoms with Gasteiger partial charge in [0.05, 0.1) is 6.54 Å². The summed E-state index contributed by atoms with van der Waals surface area (Å²) in [6, 6.07) is 14.6. The van der Waals surface area contributed by atoms with E-state index in [1.165, 1.54) is 16.8 Å². The third-order valence-electron chi connectivity index (χ3n) is 5.18. The van der Waals surface area contributed by atoms with Gasteiger partial charge in [-0.3, -0.25) is 4.79 Å². The monoisotopic (exact) mass is 351 g/mol. The molecule has 0 saturated heterocycles. The molecule has 0 aliphatic carbocycles. The van der Waals surface area contributed by atoms with E-state index in [2.05, 4.69) is 61.3 Å². The summed E-state index contributed by atoms with van der Waals surface area (Å²) < 4.78 is 0. The Labute approximate surface area is 156 Å². The second-order valence-electron chi connectivity index (χ2n) is 6.80. The van der Waals surface area contributed by atoms with E-state index in [4.69, 9.17) is 0 Å². The van der Waals surface area contributed by atoms with Gasteiger partial charge in [0.15, 0.2) is 0 Å². The molecule has 1 aliphatic heterocycles. The number of benzene rings is 2. The van der Waals surface area contributed by atoms with Gasteiger partial charge in [-0.15, -0.1) is 0 Å². The quantitative estimate of drug-likeness (QED) is 0.846. The van der Waals surface area contributed by atoms with Crippen molar-refractivity contribution in [2.45, 2.75) is 33.6 Å². The van der Waals surface area contributed by atoms with Crippen LogP contribution in [0.5, 0.6) is 0 Å². The summed E-state index contributed by atoms with van der Waals surface area (Å²) in [6.07, 6.45) is 2.08. The van der Waals surface area contributed by atoms with Gasteiger partial charge in [-0.2, -0.15) is 0 Å². The molecule has 1 N–H and O–H groups in total. The third-order valence-corrected chi connectivity index (χ3v) is 5.18. The lowest BCUT2D eigenvalue weighted by Crippen LogP contribution is -2.39. The normalized spacial score (nSPS) is 13.3. The lowest BCUT2D eigenvalue weighted by atomic mass is 10.0. The molecule has 1 aliphatic rings. The third kappa shape index (κ3) is 3.85. The van der Waals surface area contributed by atoms with Gasteiger partial charge in [-0.1, -0.05) is 18.2 Å². The fourth-order valence-corrected chi connectivity index (χ4v) is 3.69. The van der Waals surface area contributed by atoms with Crippen LogP contribution in [0.15, 0.2) is 42.5 Å². The number of rotatable bonds is 6. The van der Waals surface area contributed by atoms with Gasteiger partial charge in [-0.05, 0) is 69.0 Å². The smallest absolute Gasteiger partial charge is 0.246 e. The molecule has 2 aromatic carbocycles. The van der Waals surface area contributed by atoms with E-state index < -0.39 is 0 Å². The van der Waals surface area contributed by atoms with Crippen LogP contribution in [-0.2, 0) is 11.2 Å². The molecular formula is C22H29N3O. The average molecular weight is 351 g/mol. The number of para-hydroxylation sites is 1. The number of carbonyl (C=O) groups excluding carboxylic acids is 1. The number of aryl methyl sites for hydroxylation is 2. The van der Waals surface area contributed by atoms with Gasteiger partial charge in [0, 0.05) is 36.7 Å². The molecule has 3 rings (SSSR count). The van der Waals surface area contributed by atoms with Gasteiger partial charge < -0.3 is 15.1 Å². The molecule has 0 unspecified atom stereocenters. The molecule has 4 nitrogen and oxygen atoms in total. The van der Waals surface area contributed by atoms with Crippen molar-refractivity contribution < 1.29 is 4.79 Å². The lowest BCUT2D eigenvalue weighted by Gasteiger charge is -2.29. The lowest BCUT2D eigenvalue weighted by molar-refractivity contribution is -0.117. The van der Waals surface area contributed by atoms with Gasteiger partial charge >= 0.3 is 0 Å².